The van der Waals surface area contributed by atoms with Crippen molar-refractivity contribution in [3.63, 3.8) is 0 Å². The summed E-state index contributed by atoms with van der Waals surface area (Å²) in [6.07, 6.45) is 11.4. The van der Waals surface area contributed by atoms with E-state index < -0.39 is 0 Å². The molecule has 5 nitrogen and oxygen atoms in total. The van der Waals surface area contributed by atoms with E-state index in [2.05, 4.69) is 39.2 Å². The lowest BCUT2D eigenvalue weighted by molar-refractivity contribution is 0.0986. The average molecular weight is 403 g/mol. The van der Waals surface area contributed by atoms with Crippen molar-refractivity contribution in [2.45, 2.75) is 45.4 Å². The van der Waals surface area contributed by atoms with Gasteiger partial charge in [-0.3, -0.25) is 14.9 Å². The number of carbonyl (C=O) groups is 1. The van der Waals surface area contributed by atoms with Crippen LogP contribution in [0.15, 0.2) is 36.8 Å². The second-order valence-electron chi connectivity index (χ2n) is 7.67. The normalized spacial score (nSPS) is 13.6. The van der Waals surface area contributed by atoms with Gasteiger partial charge in [-0.2, -0.15) is 5.10 Å². The molecule has 0 atom stereocenters. The molecule has 5 rings (SSSR count). The minimum Gasteiger partial charge on any atom is -0.293 e. The second-order valence-corrected chi connectivity index (χ2v) is 8.80. The van der Waals surface area contributed by atoms with Crippen LogP contribution in [0.2, 0.25) is 0 Å². The smallest absolute Gasteiger partial charge is 0.173 e. The highest BCUT2D eigenvalue weighted by molar-refractivity contribution is 7.14. The van der Waals surface area contributed by atoms with Crippen molar-refractivity contribution in [2.24, 2.45) is 0 Å². The molecule has 0 spiro atoms. The predicted octanol–water partition coefficient (Wildman–Crippen LogP) is 5.08. The predicted molar refractivity (Wildman–Crippen MR) is 115 cm³/mol. The van der Waals surface area contributed by atoms with E-state index in [-0.39, 0.29) is 5.78 Å². The van der Waals surface area contributed by atoms with Crippen molar-refractivity contribution >= 4 is 28.2 Å². The number of nitrogens with zero attached hydrogens (tertiary/aromatic N) is 3. The second kappa shape index (κ2) is 7.52. The van der Waals surface area contributed by atoms with Crippen molar-refractivity contribution in [3.8, 4) is 11.1 Å². The first kappa shape index (κ1) is 18.2. The highest BCUT2D eigenvalue weighted by Gasteiger charge is 2.18. The number of aromatic amines is 1. The number of fused-ring (bicyclic) bond motifs is 2. The Morgan fingerprint density at radius 3 is 2.93 bits per heavy atom. The number of rotatable bonds is 5. The van der Waals surface area contributed by atoms with Gasteiger partial charge in [0, 0.05) is 40.3 Å². The largest absolute Gasteiger partial charge is 0.293 e. The van der Waals surface area contributed by atoms with Crippen LogP contribution in [0.3, 0.4) is 0 Å². The molecule has 0 radical (unpaired) electrons. The van der Waals surface area contributed by atoms with Crippen molar-refractivity contribution in [1.82, 2.24) is 20.2 Å². The standard InChI is InChI=1S/C23H22N4OS/c1-14-10-16(17-8-9-24-23-18(17)13-26-27-23)12-25-19(14)6-7-20(28)22-11-15-4-2-3-5-21(15)29-22/h8-13H,2-7H2,1H3,(H,24,26,27). The fourth-order valence-electron chi connectivity index (χ4n) is 4.10. The van der Waals surface area contributed by atoms with Crippen LogP contribution < -0.4 is 0 Å². The van der Waals surface area contributed by atoms with E-state index in [9.17, 15) is 4.79 Å². The summed E-state index contributed by atoms with van der Waals surface area (Å²) in [5.41, 5.74) is 6.36. The molecule has 1 aliphatic carbocycles. The van der Waals surface area contributed by atoms with Gasteiger partial charge >= 0.3 is 0 Å². The molecule has 0 aliphatic heterocycles. The fraction of sp³-hybridized carbons (Fsp3) is 0.304. The van der Waals surface area contributed by atoms with Crippen LogP contribution in [0.4, 0.5) is 0 Å². The van der Waals surface area contributed by atoms with E-state index in [1.54, 1.807) is 23.7 Å². The third kappa shape index (κ3) is 3.49. The van der Waals surface area contributed by atoms with Crippen LogP contribution in [0.1, 0.15) is 50.6 Å². The van der Waals surface area contributed by atoms with Crippen LogP contribution >= 0.6 is 11.3 Å². The molecule has 4 heterocycles. The molecule has 4 aromatic rings. The number of Topliss-reactive ketones (excluding diaryl/α,β-unsaturated/α-hetero) is 1. The van der Waals surface area contributed by atoms with Gasteiger partial charge in [-0.1, -0.05) is 0 Å². The number of aromatic nitrogens is 4. The molecular formula is C23H22N4OS. The lowest BCUT2D eigenvalue weighted by Gasteiger charge is -2.08. The van der Waals surface area contributed by atoms with Crippen LogP contribution in [0.5, 0.6) is 0 Å². The van der Waals surface area contributed by atoms with Crippen LogP contribution in [0, 0.1) is 6.92 Å². The van der Waals surface area contributed by atoms with E-state index in [0.717, 1.165) is 51.1 Å². The fourth-order valence-corrected chi connectivity index (χ4v) is 5.32. The number of pyridine rings is 2. The highest BCUT2D eigenvalue weighted by atomic mass is 32.1. The Hall–Kier alpha value is -2.86. The van der Waals surface area contributed by atoms with E-state index >= 15 is 0 Å². The lowest BCUT2D eigenvalue weighted by atomic mass is 9.98. The van der Waals surface area contributed by atoms with Gasteiger partial charge in [0.2, 0.25) is 0 Å². The Bertz CT molecular complexity index is 1180. The van der Waals surface area contributed by atoms with Crippen molar-refractivity contribution in [3.05, 3.63) is 63.4 Å². The molecule has 4 aromatic heterocycles. The summed E-state index contributed by atoms with van der Waals surface area (Å²) in [6, 6.07) is 6.25. The minimum atomic E-state index is 0.240. The zero-order valence-corrected chi connectivity index (χ0v) is 17.2. The molecule has 6 heteroatoms. The molecular weight excluding hydrogens is 380 g/mol. The zero-order chi connectivity index (χ0) is 19.8. The number of aryl methyl sites for hydroxylation is 4. The quantitative estimate of drug-likeness (QED) is 0.472. The molecule has 0 fully saturated rings. The van der Waals surface area contributed by atoms with Gasteiger partial charge in [-0.15, -0.1) is 11.3 Å². The van der Waals surface area contributed by atoms with Gasteiger partial charge in [0.25, 0.3) is 0 Å². The molecule has 29 heavy (non-hydrogen) atoms. The average Bonchev–Trinajstić information content (AvgIpc) is 3.39. The van der Waals surface area contributed by atoms with Gasteiger partial charge in [0.15, 0.2) is 11.4 Å². The zero-order valence-electron chi connectivity index (χ0n) is 16.4. The van der Waals surface area contributed by atoms with E-state index in [0.29, 0.717) is 12.8 Å². The molecule has 0 saturated heterocycles. The molecule has 0 aromatic carbocycles. The Morgan fingerprint density at radius 1 is 1.17 bits per heavy atom. The molecule has 0 amide bonds. The summed E-state index contributed by atoms with van der Waals surface area (Å²) in [7, 11) is 0. The number of carbonyl (C=O) groups excluding carboxylic acids is 1. The Kier molecular flexibility index (Phi) is 4.72. The number of thiophene rings is 1. The van der Waals surface area contributed by atoms with Gasteiger partial charge in [-0.05, 0) is 73.9 Å². The SMILES string of the molecule is Cc1cc(-c2ccnc3[nH]ncc23)cnc1CCC(=O)c1cc2c(s1)CCCC2. The molecule has 1 N–H and O–H groups in total. The summed E-state index contributed by atoms with van der Waals surface area (Å²) >= 11 is 1.70. The highest BCUT2D eigenvalue weighted by Crippen LogP contribution is 2.31. The molecule has 0 saturated carbocycles. The number of ketones is 1. The summed E-state index contributed by atoms with van der Waals surface area (Å²) in [5, 5.41) is 7.97. The van der Waals surface area contributed by atoms with Crippen molar-refractivity contribution in [1.29, 1.82) is 0 Å². The molecule has 146 valence electrons. The van der Waals surface area contributed by atoms with Crippen molar-refractivity contribution in [2.75, 3.05) is 0 Å². The van der Waals surface area contributed by atoms with E-state index in [4.69, 9.17) is 0 Å². The van der Waals surface area contributed by atoms with Crippen molar-refractivity contribution < 1.29 is 4.79 Å². The summed E-state index contributed by atoms with van der Waals surface area (Å²) < 4.78 is 0. The number of nitrogens with one attached hydrogen (secondary N) is 1. The minimum absolute atomic E-state index is 0.240. The summed E-state index contributed by atoms with van der Waals surface area (Å²) in [4.78, 5) is 24.0. The van der Waals surface area contributed by atoms with Gasteiger partial charge in [-0.25, -0.2) is 4.98 Å². The Balaban J connectivity index is 1.33. The Labute approximate surface area is 173 Å². The van der Waals surface area contributed by atoms with Crippen LogP contribution in [-0.2, 0) is 19.3 Å². The summed E-state index contributed by atoms with van der Waals surface area (Å²) in [6.45, 7) is 2.06. The maximum absolute atomic E-state index is 12.7. The first-order valence-electron chi connectivity index (χ1n) is 10.1. The van der Waals surface area contributed by atoms with Gasteiger partial charge in [0.1, 0.15) is 0 Å². The van der Waals surface area contributed by atoms with Gasteiger partial charge in [0.05, 0.1) is 11.1 Å². The summed E-state index contributed by atoms with van der Waals surface area (Å²) in [5.74, 6) is 0.240. The number of hydrogen-bond donors (Lipinski definition) is 1. The third-order valence-electron chi connectivity index (χ3n) is 5.71. The topological polar surface area (TPSA) is 71.5 Å². The Morgan fingerprint density at radius 2 is 2.07 bits per heavy atom. The number of H-pyrrole nitrogens is 1. The third-order valence-corrected chi connectivity index (χ3v) is 6.99. The molecule has 0 bridgehead atoms. The van der Waals surface area contributed by atoms with E-state index in [1.807, 2.05) is 12.3 Å². The van der Waals surface area contributed by atoms with E-state index in [1.165, 1.54) is 23.3 Å². The molecule has 0 unspecified atom stereocenters. The monoisotopic (exact) mass is 402 g/mol. The van der Waals surface area contributed by atoms with Crippen LogP contribution in [-0.4, -0.2) is 25.9 Å². The molecule has 1 aliphatic rings. The maximum atomic E-state index is 12.7. The lowest BCUT2D eigenvalue weighted by Crippen LogP contribution is -2.02. The van der Waals surface area contributed by atoms with Crippen LogP contribution in [0.25, 0.3) is 22.2 Å². The first-order valence-corrected chi connectivity index (χ1v) is 10.9. The maximum Gasteiger partial charge on any atom is 0.173 e. The van der Waals surface area contributed by atoms with Gasteiger partial charge < -0.3 is 0 Å². The number of hydrogen-bond acceptors (Lipinski definition) is 5. The first-order chi connectivity index (χ1) is 14.2.